The Morgan fingerprint density at radius 3 is 2.43 bits per heavy atom. The monoisotopic (exact) mass is 208 g/mol. The third-order valence-corrected chi connectivity index (χ3v) is 1.55. The van der Waals surface area contributed by atoms with Crippen LogP contribution in [0.3, 0.4) is 0 Å². The van der Waals surface area contributed by atoms with Gasteiger partial charge in [-0.1, -0.05) is 0 Å². The molecule has 6 heteroatoms. The first-order valence-electron chi connectivity index (χ1n) is 3.96. The minimum atomic E-state index is -4.48. The average molecular weight is 208 g/mol. The summed E-state index contributed by atoms with van der Waals surface area (Å²) >= 11 is 0. The van der Waals surface area contributed by atoms with Gasteiger partial charge in [0.25, 0.3) is 0 Å². The Bertz CT molecular complexity index is 244. The number of rotatable bonds is 3. The lowest BCUT2D eigenvalue weighted by atomic mass is 10.2. The molecule has 0 fully saturated rings. The fraction of sp³-hybridized carbons (Fsp3) is 0.750. The van der Waals surface area contributed by atoms with Gasteiger partial charge in [0.15, 0.2) is 0 Å². The molecule has 0 aromatic carbocycles. The van der Waals surface area contributed by atoms with E-state index in [0.29, 0.717) is 0 Å². The summed E-state index contributed by atoms with van der Waals surface area (Å²) in [6.07, 6.45) is -5.96. The van der Waals surface area contributed by atoms with Gasteiger partial charge in [-0.2, -0.15) is 18.4 Å². The van der Waals surface area contributed by atoms with Gasteiger partial charge < -0.3 is 4.90 Å². The van der Waals surface area contributed by atoms with E-state index in [1.807, 2.05) is 6.07 Å². The first kappa shape index (κ1) is 12.8. The van der Waals surface area contributed by atoms with Crippen LogP contribution in [0.5, 0.6) is 0 Å². The lowest BCUT2D eigenvalue weighted by Crippen LogP contribution is -2.33. The molecular formula is C8H11F3N2O. The zero-order valence-electron chi connectivity index (χ0n) is 7.93. The molecule has 0 aliphatic carbocycles. The fourth-order valence-corrected chi connectivity index (χ4v) is 0.860. The highest BCUT2D eigenvalue weighted by Gasteiger charge is 2.32. The van der Waals surface area contributed by atoms with Gasteiger partial charge in [-0.3, -0.25) is 4.79 Å². The van der Waals surface area contributed by atoms with Crippen molar-refractivity contribution >= 4 is 5.91 Å². The first-order valence-corrected chi connectivity index (χ1v) is 3.96. The average Bonchev–Trinajstić information content (AvgIpc) is 2.00. The summed E-state index contributed by atoms with van der Waals surface area (Å²) in [7, 11) is 1.25. The van der Waals surface area contributed by atoms with Crippen LogP contribution in [0, 0.1) is 17.2 Å². The number of carbonyl (C=O) groups is 1. The standard InChI is InChI=1S/C8H11F3N2O/c1-6(4-12)5-13(2)7(14)3-8(9,10)11/h6H,3,5H2,1-2H3. The Balaban J connectivity index is 4.08. The first-order chi connectivity index (χ1) is 6.26. The van der Waals surface area contributed by atoms with E-state index >= 15 is 0 Å². The van der Waals surface area contributed by atoms with Crippen LogP contribution in [0.15, 0.2) is 0 Å². The second kappa shape index (κ2) is 4.84. The minimum absolute atomic E-state index is 0.0193. The van der Waals surface area contributed by atoms with Gasteiger partial charge >= 0.3 is 6.18 Å². The number of nitrogens with zero attached hydrogens (tertiary/aromatic N) is 2. The van der Waals surface area contributed by atoms with Crippen molar-refractivity contribution in [3.05, 3.63) is 0 Å². The van der Waals surface area contributed by atoms with E-state index in [2.05, 4.69) is 0 Å². The van der Waals surface area contributed by atoms with Crippen LogP contribution >= 0.6 is 0 Å². The second-order valence-electron chi connectivity index (χ2n) is 3.10. The molecule has 0 aromatic rings. The largest absolute Gasteiger partial charge is 0.397 e. The minimum Gasteiger partial charge on any atom is -0.344 e. The Labute approximate surface area is 80.1 Å². The van der Waals surface area contributed by atoms with Crippen LogP contribution in [0.1, 0.15) is 13.3 Å². The highest BCUT2D eigenvalue weighted by molar-refractivity contribution is 5.76. The third kappa shape index (κ3) is 5.41. The van der Waals surface area contributed by atoms with Crippen molar-refractivity contribution in [1.29, 1.82) is 5.26 Å². The highest BCUT2D eigenvalue weighted by atomic mass is 19.4. The van der Waals surface area contributed by atoms with Gasteiger partial charge in [0.05, 0.1) is 12.0 Å². The van der Waals surface area contributed by atoms with E-state index < -0.39 is 24.4 Å². The lowest BCUT2D eigenvalue weighted by molar-refractivity contribution is -0.160. The molecule has 0 heterocycles. The fourth-order valence-electron chi connectivity index (χ4n) is 0.860. The molecule has 14 heavy (non-hydrogen) atoms. The zero-order valence-corrected chi connectivity index (χ0v) is 7.93. The van der Waals surface area contributed by atoms with Crippen LogP contribution < -0.4 is 0 Å². The molecule has 0 rings (SSSR count). The van der Waals surface area contributed by atoms with Gasteiger partial charge in [0, 0.05) is 13.6 Å². The topological polar surface area (TPSA) is 44.1 Å². The van der Waals surface area contributed by atoms with E-state index in [9.17, 15) is 18.0 Å². The van der Waals surface area contributed by atoms with E-state index in [4.69, 9.17) is 5.26 Å². The smallest absolute Gasteiger partial charge is 0.344 e. The summed E-state index contributed by atoms with van der Waals surface area (Å²) in [5.74, 6) is -1.48. The summed E-state index contributed by atoms with van der Waals surface area (Å²) in [6, 6.07) is 1.84. The number of alkyl halides is 3. The molecule has 3 nitrogen and oxygen atoms in total. The summed E-state index contributed by atoms with van der Waals surface area (Å²) in [5.41, 5.74) is 0. The molecule has 0 bridgehead atoms. The quantitative estimate of drug-likeness (QED) is 0.706. The molecule has 0 saturated heterocycles. The molecule has 1 unspecified atom stereocenters. The summed E-state index contributed by atoms with van der Waals surface area (Å²) < 4.78 is 35.3. The Morgan fingerprint density at radius 1 is 1.57 bits per heavy atom. The summed E-state index contributed by atoms with van der Waals surface area (Å²) in [5, 5.41) is 8.39. The van der Waals surface area contributed by atoms with Gasteiger partial charge in [-0.05, 0) is 6.92 Å². The maximum absolute atomic E-state index is 11.8. The van der Waals surface area contributed by atoms with Crippen LogP contribution in [0.25, 0.3) is 0 Å². The normalized spacial score (nSPS) is 13.1. The van der Waals surface area contributed by atoms with Crippen molar-refractivity contribution in [3.8, 4) is 6.07 Å². The van der Waals surface area contributed by atoms with Crippen LogP contribution in [0.2, 0.25) is 0 Å². The van der Waals surface area contributed by atoms with Crippen molar-refractivity contribution in [2.75, 3.05) is 13.6 Å². The van der Waals surface area contributed by atoms with Gasteiger partial charge in [0.2, 0.25) is 5.91 Å². The SMILES string of the molecule is CC(C#N)CN(C)C(=O)CC(F)(F)F. The zero-order chi connectivity index (χ0) is 11.4. The molecule has 0 spiro atoms. The number of amides is 1. The number of hydrogen-bond donors (Lipinski definition) is 0. The highest BCUT2D eigenvalue weighted by Crippen LogP contribution is 2.20. The van der Waals surface area contributed by atoms with Crippen molar-refractivity contribution in [1.82, 2.24) is 4.90 Å². The van der Waals surface area contributed by atoms with Gasteiger partial charge in [0.1, 0.15) is 6.42 Å². The van der Waals surface area contributed by atoms with E-state index in [0.717, 1.165) is 4.90 Å². The maximum atomic E-state index is 11.8. The van der Waals surface area contributed by atoms with Crippen LogP contribution in [-0.4, -0.2) is 30.6 Å². The van der Waals surface area contributed by atoms with E-state index in [1.54, 1.807) is 0 Å². The van der Waals surface area contributed by atoms with Crippen LogP contribution in [0.4, 0.5) is 13.2 Å². The van der Waals surface area contributed by atoms with Gasteiger partial charge in [-0.25, -0.2) is 0 Å². The Kier molecular flexibility index (Phi) is 4.41. The van der Waals surface area contributed by atoms with Crippen molar-refractivity contribution < 1.29 is 18.0 Å². The molecule has 0 aliphatic rings. The molecule has 1 atom stereocenters. The number of carbonyl (C=O) groups excluding carboxylic acids is 1. The van der Waals surface area contributed by atoms with Crippen molar-refractivity contribution in [2.45, 2.75) is 19.5 Å². The van der Waals surface area contributed by atoms with Crippen molar-refractivity contribution in [3.63, 3.8) is 0 Å². The molecule has 0 aromatic heterocycles. The summed E-state index contributed by atoms with van der Waals surface area (Å²) in [4.78, 5) is 11.8. The molecular weight excluding hydrogens is 197 g/mol. The summed E-state index contributed by atoms with van der Waals surface area (Å²) in [6.45, 7) is 1.56. The van der Waals surface area contributed by atoms with E-state index in [1.165, 1.54) is 14.0 Å². The molecule has 0 aliphatic heterocycles. The predicted molar refractivity (Wildman–Crippen MR) is 43.1 cm³/mol. The van der Waals surface area contributed by atoms with Gasteiger partial charge in [-0.15, -0.1) is 0 Å². The maximum Gasteiger partial charge on any atom is 0.397 e. The number of halogens is 3. The molecule has 0 N–H and O–H groups in total. The lowest BCUT2D eigenvalue weighted by Gasteiger charge is -2.18. The Morgan fingerprint density at radius 2 is 2.07 bits per heavy atom. The molecule has 1 amide bonds. The number of hydrogen-bond acceptors (Lipinski definition) is 2. The number of nitriles is 1. The molecule has 80 valence electrons. The predicted octanol–water partition coefficient (Wildman–Crippen LogP) is 1.56. The van der Waals surface area contributed by atoms with E-state index in [-0.39, 0.29) is 6.54 Å². The van der Waals surface area contributed by atoms with Crippen LogP contribution in [-0.2, 0) is 4.79 Å². The third-order valence-electron chi connectivity index (χ3n) is 1.55. The Hall–Kier alpha value is -1.25. The molecule has 0 saturated carbocycles. The van der Waals surface area contributed by atoms with Crippen molar-refractivity contribution in [2.24, 2.45) is 5.92 Å². The second-order valence-corrected chi connectivity index (χ2v) is 3.10. The molecule has 0 radical (unpaired) electrons.